The van der Waals surface area contributed by atoms with Gasteiger partial charge in [0.25, 0.3) is 0 Å². The van der Waals surface area contributed by atoms with E-state index in [1.807, 2.05) is 115 Å². The Hall–Kier alpha value is -13.8. The zero-order valence-corrected chi connectivity index (χ0v) is 56.7. The van der Waals surface area contributed by atoms with Gasteiger partial charge in [-0.1, -0.05) is 176 Å². The molecule has 0 saturated carbocycles. The highest BCUT2D eigenvalue weighted by atomic mass is 19.4. The second kappa shape index (κ2) is 23.1. The first kappa shape index (κ1) is 61.8. The fourth-order valence-corrected chi connectivity index (χ4v) is 17.7. The van der Waals surface area contributed by atoms with Crippen molar-refractivity contribution in [3.8, 4) is 34.5 Å². The third kappa shape index (κ3) is 9.15. The molecule has 0 spiro atoms. The molecular formula is C94H55F6N7. The second-order valence-corrected chi connectivity index (χ2v) is 27.6. The summed E-state index contributed by atoms with van der Waals surface area (Å²) in [5.74, 6) is -1.68. The lowest BCUT2D eigenvalue weighted by atomic mass is 9.85. The van der Waals surface area contributed by atoms with E-state index in [4.69, 9.17) is 0 Å². The molecule has 0 saturated heterocycles. The molecule has 0 aliphatic heterocycles. The average molecular weight is 1400 g/mol. The smallest absolute Gasteiger partial charge is 0.309 e. The molecule has 13 heteroatoms. The number of benzene rings is 14. The number of nitrogens with zero attached hydrogens (tertiary/aromatic N) is 7. The van der Waals surface area contributed by atoms with Crippen molar-refractivity contribution < 1.29 is 26.3 Å². The Labute approximate surface area is 605 Å². The van der Waals surface area contributed by atoms with Crippen LogP contribution < -0.4 is 0 Å². The van der Waals surface area contributed by atoms with E-state index in [0.29, 0.717) is 22.4 Å². The molecular weight excluding hydrogens is 1340 g/mol. The SMILES string of the molecule is N#Cc1cccc(-n2c3ccc(-n4c5ccccc5c5ccccc54)cc3c3cc(-n4c5ccccc5c5ccccc54)ccc32)c1C1=CC(c2c(C(F)(F)F)cccc2C(F)(F)F)C=CC=C1n1c2ccc(-n3c4ccccc4c4ccccc43)cc2c2cc(-n3c4ccccc4c4ccccc43)ccc21. The van der Waals surface area contributed by atoms with Crippen molar-refractivity contribution in [3.05, 3.63) is 355 Å². The number of fused-ring (bicyclic) bond motifs is 18. The van der Waals surface area contributed by atoms with E-state index in [-0.39, 0.29) is 16.7 Å². The molecule has 20 aromatic rings. The molecule has 0 amide bonds. The predicted molar refractivity (Wildman–Crippen MR) is 423 cm³/mol. The van der Waals surface area contributed by atoms with Gasteiger partial charge in [0, 0.05) is 104 Å². The number of hydrogen-bond acceptors (Lipinski definition) is 1. The summed E-state index contributed by atoms with van der Waals surface area (Å²) in [5, 5.41) is 23.9. The Morgan fingerprint density at radius 3 is 0.888 bits per heavy atom. The van der Waals surface area contributed by atoms with Crippen LogP contribution in [0, 0.1) is 11.3 Å². The van der Waals surface area contributed by atoms with E-state index < -0.39 is 35.0 Å². The van der Waals surface area contributed by atoms with Gasteiger partial charge in [-0.2, -0.15) is 31.6 Å². The summed E-state index contributed by atoms with van der Waals surface area (Å²) in [6.45, 7) is 0. The number of para-hydroxylation sites is 8. The maximum absolute atomic E-state index is 15.9. The molecule has 7 nitrogen and oxygen atoms in total. The zero-order chi connectivity index (χ0) is 71.7. The lowest BCUT2D eigenvalue weighted by molar-refractivity contribution is -0.144. The molecule has 0 fully saturated rings. The number of hydrogen-bond donors (Lipinski definition) is 0. The van der Waals surface area contributed by atoms with E-state index >= 15 is 26.3 Å². The molecule has 14 aromatic carbocycles. The molecule has 0 bridgehead atoms. The molecule has 21 rings (SSSR count). The quantitative estimate of drug-likeness (QED) is 0.140. The Balaban J connectivity index is 0.867. The van der Waals surface area contributed by atoms with Gasteiger partial charge in [-0.05, 0) is 157 Å². The van der Waals surface area contributed by atoms with Crippen LogP contribution in [0.3, 0.4) is 0 Å². The Morgan fingerprint density at radius 2 is 0.579 bits per heavy atom. The summed E-state index contributed by atoms with van der Waals surface area (Å²) in [6, 6.07) is 102. The van der Waals surface area contributed by atoms with E-state index in [0.717, 1.165) is 161 Å². The summed E-state index contributed by atoms with van der Waals surface area (Å²) in [7, 11) is 0. The molecule has 6 aromatic heterocycles. The van der Waals surface area contributed by atoms with Gasteiger partial charge in [-0.3, -0.25) is 0 Å². The fourth-order valence-electron chi connectivity index (χ4n) is 17.7. The Morgan fingerprint density at radius 1 is 0.290 bits per heavy atom. The highest BCUT2D eigenvalue weighted by Gasteiger charge is 2.43. The first-order valence-corrected chi connectivity index (χ1v) is 35.4. The summed E-state index contributed by atoms with van der Waals surface area (Å²) in [4.78, 5) is 0. The van der Waals surface area contributed by atoms with Crippen LogP contribution in [0.1, 0.15) is 33.7 Å². The van der Waals surface area contributed by atoms with Crippen molar-refractivity contribution in [1.29, 1.82) is 5.26 Å². The maximum atomic E-state index is 15.9. The van der Waals surface area contributed by atoms with Crippen LogP contribution in [-0.2, 0) is 12.4 Å². The van der Waals surface area contributed by atoms with Crippen LogP contribution in [0.2, 0.25) is 0 Å². The van der Waals surface area contributed by atoms with Gasteiger partial charge in [0.2, 0.25) is 0 Å². The molecule has 1 unspecified atom stereocenters. The molecule has 0 radical (unpaired) electrons. The molecule has 1 aliphatic rings. The number of halogens is 6. The first-order valence-electron chi connectivity index (χ1n) is 35.4. The van der Waals surface area contributed by atoms with Crippen LogP contribution in [0.25, 0.3) is 171 Å². The van der Waals surface area contributed by atoms with Crippen molar-refractivity contribution >= 4 is 142 Å². The molecule has 107 heavy (non-hydrogen) atoms. The zero-order valence-electron chi connectivity index (χ0n) is 56.7. The van der Waals surface area contributed by atoms with Crippen molar-refractivity contribution in [2.24, 2.45) is 0 Å². The van der Waals surface area contributed by atoms with Gasteiger partial charge < -0.3 is 27.4 Å². The average Bonchev–Trinajstić information content (AvgIpc) is 1.57. The van der Waals surface area contributed by atoms with Crippen LogP contribution in [0.15, 0.2) is 328 Å². The fraction of sp³-hybridized carbons (Fsp3) is 0.0319. The predicted octanol–water partition coefficient (Wildman–Crippen LogP) is 25.5. The Kier molecular flexibility index (Phi) is 13.3. The highest BCUT2D eigenvalue weighted by Crippen LogP contribution is 2.51. The largest absolute Gasteiger partial charge is 0.416 e. The van der Waals surface area contributed by atoms with Crippen LogP contribution in [-0.4, -0.2) is 27.4 Å². The number of alkyl halides is 6. The van der Waals surface area contributed by atoms with Gasteiger partial charge in [-0.25, -0.2) is 0 Å². The minimum absolute atomic E-state index is 0.127. The van der Waals surface area contributed by atoms with Gasteiger partial charge in [0.05, 0.1) is 100 Å². The minimum atomic E-state index is -5.22. The van der Waals surface area contributed by atoms with E-state index in [9.17, 15) is 5.26 Å². The van der Waals surface area contributed by atoms with E-state index in [1.54, 1.807) is 24.3 Å². The van der Waals surface area contributed by atoms with Crippen molar-refractivity contribution in [2.75, 3.05) is 0 Å². The molecule has 1 aliphatic carbocycles. The number of aromatic nitrogens is 6. The Bertz CT molecular complexity index is 6800. The third-order valence-corrected chi connectivity index (χ3v) is 22.0. The van der Waals surface area contributed by atoms with Gasteiger partial charge in [-0.15, -0.1) is 0 Å². The van der Waals surface area contributed by atoms with Gasteiger partial charge in [0.15, 0.2) is 0 Å². The van der Waals surface area contributed by atoms with Gasteiger partial charge >= 0.3 is 12.4 Å². The summed E-state index contributed by atoms with van der Waals surface area (Å²) >= 11 is 0. The van der Waals surface area contributed by atoms with Crippen LogP contribution in [0.4, 0.5) is 26.3 Å². The van der Waals surface area contributed by atoms with Gasteiger partial charge in [0.1, 0.15) is 0 Å². The van der Waals surface area contributed by atoms with E-state index in [1.165, 1.54) is 12.2 Å². The highest BCUT2D eigenvalue weighted by molar-refractivity contribution is 6.20. The minimum Gasteiger partial charge on any atom is -0.309 e. The topological polar surface area (TPSA) is 53.4 Å². The van der Waals surface area contributed by atoms with Crippen LogP contribution >= 0.6 is 0 Å². The monoisotopic (exact) mass is 1400 g/mol. The lowest BCUT2D eigenvalue weighted by Crippen LogP contribution is -2.18. The summed E-state index contributed by atoms with van der Waals surface area (Å²) in [6.07, 6.45) is -4.18. The number of rotatable bonds is 8. The lowest BCUT2D eigenvalue weighted by Gasteiger charge is -2.25. The molecule has 0 N–H and O–H groups in total. The molecule has 508 valence electrons. The van der Waals surface area contributed by atoms with Crippen LogP contribution in [0.5, 0.6) is 0 Å². The summed E-state index contributed by atoms with van der Waals surface area (Å²) in [5.41, 5.74) is 11.9. The molecule has 1 atom stereocenters. The summed E-state index contributed by atoms with van der Waals surface area (Å²) < 4.78 is 109. The maximum Gasteiger partial charge on any atom is 0.416 e. The van der Waals surface area contributed by atoms with Crippen molar-refractivity contribution in [1.82, 2.24) is 27.4 Å². The normalized spacial score (nSPS) is 13.9. The number of nitriles is 1. The first-order chi connectivity index (χ1) is 52.4. The van der Waals surface area contributed by atoms with Crippen molar-refractivity contribution in [2.45, 2.75) is 18.3 Å². The van der Waals surface area contributed by atoms with E-state index in [2.05, 4.69) is 191 Å². The van der Waals surface area contributed by atoms with Crippen molar-refractivity contribution in [3.63, 3.8) is 0 Å². The number of allylic oxidation sites excluding steroid dienone is 6. The standard InChI is InChI=1S/C94H55F6N7/c95-93(96,97)75-30-19-31-76(94(98,99)100)92(75)56-20-17-40-85(106-86-46-42-58(102-77-32-9-1-22-62(77)63-23-2-10-33-78(63)102)51-70(86)71-52-59(43-47-87(71)106)103-79-34-11-3-24-64(79)65-25-4-12-35-80(65)103)74(50-56)91-57(55-101)21-18-41-90(91)107-88-48-44-60(104-81-36-13-5-26-66(81)67-27-6-14-37-82(67)104)53-72(88)73-54-61(45-49-89(73)107)105-83-38-15-7-28-68(83)69-29-8-16-39-84(69)105/h1-54,56H. The third-order valence-electron chi connectivity index (χ3n) is 22.0. The molecule has 6 heterocycles. The second-order valence-electron chi connectivity index (χ2n) is 27.6.